The van der Waals surface area contributed by atoms with Crippen molar-refractivity contribution in [2.75, 3.05) is 18.4 Å². The van der Waals surface area contributed by atoms with Crippen LogP contribution in [0.5, 0.6) is 0 Å². The second-order valence-corrected chi connectivity index (χ2v) is 5.05. The fourth-order valence-corrected chi connectivity index (χ4v) is 1.71. The maximum Gasteiger partial charge on any atom is 0.238 e. The highest BCUT2D eigenvalue weighted by Gasteiger charge is 2.20. The van der Waals surface area contributed by atoms with Gasteiger partial charge in [0, 0.05) is 10.2 Å². The Balaban J connectivity index is 1.70. The molecule has 86 valence electrons. The van der Waals surface area contributed by atoms with Crippen LogP contribution in [0.2, 0.25) is 0 Å². The molecule has 1 aromatic rings. The van der Waals surface area contributed by atoms with Gasteiger partial charge in [0.25, 0.3) is 0 Å². The maximum atomic E-state index is 11.5. The van der Waals surface area contributed by atoms with Crippen molar-refractivity contribution in [3.05, 3.63) is 28.7 Å². The number of hydrogen-bond acceptors (Lipinski definition) is 2. The van der Waals surface area contributed by atoms with Gasteiger partial charge in [-0.05, 0) is 49.6 Å². The minimum absolute atomic E-state index is 0.0166. The second-order valence-electron chi connectivity index (χ2n) is 4.13. The molecule has 1 aliphatic rings. The smallest absolute Gasteiger partial charge is 0.238 e. The van der Waals surface area contributed by atoms with Crippen molar-refractivity contribution in [1.29, 1.82) is 0 Å². The van der Waals surface area contributed by atoms with Crippen LogP contribution in [0.1, 0.15) is 12.8 Å². The lowest BCUT2D eigenvalue weighted by Crippen LogP contribution is -2.29. The van der Waals surface area contributed by atoms with Crippen molar-refractivity contribution in [1.82, 2.24) is 5.32 Å². The third-order valence-electron chi connectivity index (χ3n) is 2.54. The Morgan fingerprint density at radius 2 is 2.00 bits per heavy atom. The van der Waals surface area contributed by atoms with E-state index >= 15 is 0 Å². The zero-order chi connectivity index (χ0) is 11.4. The SMILES string of the molecule is O=C(CNCC1CC1)Nc1ccc(Br)cc1. The second kappa shape index (κ2) is 5.46. The molecule has 0 aromatic heterocycles. The molecule has 0 bridgehead atoms. The molecule has 2 rings (SSSR count). The van der Waals surface area contributed by atoms with Crippen molar-refractivity contribution in [3.8, 4) is 0 Å². The summed E-state index contributed by atoms with van der Waals surface area (Å²) in [5.74, 6) is 0.823. The Hall–Kier alpha value is -0.870. The van der Waals surface area contributed by atoms with Crippen LogP contribution in [-0.4, -0.2) is 19.0 Å². The third-order valence-corrected chi connectivity index (χ3v) is 3.07. The summed E-state index contributed by atoms with van der Waals surface area (Å²) in [6, 6.07) is 7.58. The zero-order valence-electron chi connectivity index (χ0n) is 9.00. The highest BCUT2D eigenvalue weighted by molar-refractivity contribution is 9.10. The highest BCUT2D eigenvalue weighted by Crippen LogP contribution is 2.27. The first-order valence-electron chi connectivity index (χ1n) is 5.50. The lowest BCUT2D eigenvalue weighted by atomic mass is 10.3. The van der Waals surface area contributed by atoms with E-state index in [0.29, 0.717) is 6.54 Å². The average molecular weight is 283 g/mol. The fourth-order valence-electron chi connectivity index (χ4n) is 1.45. The van der Waals surface area contributed by atoms with E-state index in [-0.39, 0.29) is 5.91 Å². The number of halogens is 1. The topological polar surface area (TPSA) is 41.1 Å². The predicted octanol–water partition coefficient (Wildman–Crippen LogP) is 2.39. The van der Waals surface area contributed by atoms with Gasteiger partial charge in [-0.3, -0.25) is 4.79 Å². The van der Waals surface area contributed by atoms with Gasteiger partial charge in [0.1, 0.15) is 0 Å². The predicted molar refractivity (Wildman–Crippen MR) is 68.4 cm³/mol. The first kappa shape index (κ1) is 11.6. The van der Waals surface area contributed by atoms with Crippen LogP contribution in [0.25, 0.3) is 0 Å². The molecule has 1 fully saturated rings. The van der Waals surface area contributed by atoms with Gasteiger partial charge in [0.15, 0.2) is 0 Å². The van der Waals surface area contributed by atoms with E-state index in [1.165, 1.54) is 12.8 Å². The van der Waals surface area contributed by atoms with E-state index < -0.39 is 0 Å². The van der Waals surface area contributed by atoms with Crippen LogP contribution in [0.4, 0.5) is 5.69 Å². The number of carbonyl (C=O) groups is 1. The quantitative estimate of drug-likeness (QED) is 0.871. The Morgan fingerprint density at radius 1 is 1.31 bits per heavy atom. The maximum absolute atomic E-state index is 11.5. The van der Waals surface area contributed by atoms with Crippen LogP contribution in [0.15, 0.2) is 28.7 Å². The van der Waals surface area contributed by atoms with E-state index in [2.05, 4.69) is 26.6 Å². The summed E-state index contributed by atoms with van der Waals surface area (Å²) >= 11 is 3.35. The lowest BCUT2D eigenvalue weighted by Gasteiger charge is -2.06. The Morgan fingerprint density at radius 3 is 2.62 bits per heavy atom. The number of amides is 1. The summed E-state index contributed by atoms with van der Waals surface area (Å²) in [6.07, 6.45) is 2.61. The number of hydrogen-bond donors (Lipinski definition) is 2. The molecule has 16 heavy (non-hydrogen) atoms. The summed E-state index contributed by atoms with van der Waals surface area (Å²) in [4.78, 5) is 11.5. The molecule has 0 atom stereocenters. The van der Waals surface area contributed by atoms with E-state index in [1.54, 1.807) is 0 Å². The molecule has 0 unspecified atom stereocenters. The van der Waals surface area contributed by atoms with Gasteiger partial charge >= 0.3 is 0 Å². The molecule has 0 heterocycles. The lowest BCUT2D eigenvalue weighted by molar-refractivity contribution is -0.115. The van der Waals surface area contributed by atoms with Gasteiger partial charge in [-0.25, -0.2) is 0 Å². The van der Waals surface area contributed by atoms with Gasteiger partial charge in [0.05, 0.1) is 6.54 Å². The monoisotopic (exact) mass is 282 g/mol. The van der Waals surface area contributed by atoms with Gasteiger partial charge in [-0.15, -0.1) is 0 Å². The molecule has 0 spiro atoms. The van der Waals surface area contributed by atoms with Gasteiger partial charge in [-0.2, -0.15) is 0 Å². The molecular formula is C12H15BrN2O. The van der Waals surface area contributed by atoms with Crippen molar-refractivity contribution in [3.63, 3.8) is 0 Å². The average Bonchev–Trinajstić information content (AvgIpc) is 3.05. The van der Waals surface area contributed by atoms with Crippen molar-refractivity contribution < 1.29 is 4.79 Å². The van der Waals surface area contributed by atoms with E-state index in [9.17, 15) is 4.79 Å². The highest BCUT2D eigenvalue weighted by atomic mass is 79.9. The molecule has 1 aromatic carbocycles. The van der Waals surface area contributed by atoms with Gasteiger partial charge < -0.3 is 10.6 Å². The van der Waals surface area contributed by atoms with Crippen LogP contribution in [-0.2, 0) is 4.79 Å². The Bertz CT molecular complexity index is 360. The Labute approximate surface area is 104 Å². The van der Waals surface area contributed by atoms with Crippen LogP contribution >= 0.6 is 15.9 Å². The molecule has 4 heteroatoms. The number of rotatable bonds is 5. The third kappa shape index (κ3) is 3.94. The van der Waals surface area contributed by atoms with Crippen molar-refractivity contribution in [2.45, 2.75) is 12.8 Å². The summed E-state index contributed by atoms with van der Waals surface area (Å²) < 4.78 is 1.01. The number of carbonyl (C=O) groups excluding carboxylic acids is 1. The van der Waals surface area contributed by atoms with Crippen molar-refractivity contribution in [2.24, 2.45) is 5.92 Å². The standard InChI is InChI=1S/C12H15BrN2O/c13-10-3-5-11(6-4-10)15-12(16)8-14-7-9-1-2-9/h3-6,9,14H,1-2,7-8H2,(H,15,16). The van der Waals surface area contributed by atoms with Gasteiger partial charge in [-0.1, -0.05) is 15.9 Å². The first-order chi connectivity index (χ1) is 7.74. The molecule has 1 saturated carbocycles. The molecular weight excluding hydrogens is 268 g/mol. The minimum Gasteiger partial charge on any atom is -0.325 e. The largest absolute Gasteiger partial charge is 0.325 e. The number of nitrogens with one attached hydrogen (secondary N) is 2. The number of anilines is 1. The normalized spacial score (nSPS) is 14.8. The molecule has 0 saturated heterocycles. The first-order valence-corrected chi connectivity index (χ1v) is 6.29. The summed E-state index contributed by atoms with van der Waals surface area (Å²) in [7, 11) is 0. The van der Waals surface area contributed by atoms with Crippen molar-refractivity contribution >= 4 is 27.5 Å². The van der Waals surface area contributed by atoms with E-state index in [0.717, 1.165) is 22.6 Å². The zero-order valence-corrected chi connectivity index (χ0v) is 10.6. The molecule has 0 aliphatic heterocycles. The van der Waals surface area contributed by atoms with Crippen LogP contribution in [0, 0.1) is 5.92 Å². The number of benzene rings is 1. The van der Waals surface area contributed by atoms with E-state index in [4.69, 9.17) is 0 Å². The van der Waals surface area contributed by atoms with E-state index in [1.807, 2.05) is 24.3 Å². The molecule has 3 nitrogen and oxygen atoms in total. The van der Waals surface area contributed by atoms with Crippen LogP contribution in [0.3, 0.4) is 0 Å². The Kier molecular flexibility index (Phi) is 3.96. The summed E-state index contributed by atoms with van der Waals surface area (Å²) in [6.45, 7) is 1.36. The molecule has 1 amide bonds. The fraction of sp³-hybridized carbons (Fsp3) is 0.417. The summed E-state index contributed by atoms with van der Waals surface area (Å²) in [5, 5.41) is 6.00. The molecule has 1 aliphatic carbocycles. The van der Waals surface area contributed by atoms with Crippen LogP contribution < -0.4 is 10.6 Å². The molecule has 0 radical (unpaired) electrons. The van der Waals surface area contributed by atoms with Gasteiger partial charge in [0.2, 0.25) is 5.91 Å². The summed E-state index contributed by atoms with van der Waals surface area (Å²) in [5.41, 5.74) is 0.835. The minimum atomic E-state index is 0.0166. The molecule has 2 N–H and O–H groups in total.